The molecule has 1 saturated heterocycles. The summed E-state index contributed by atoms with van der Waals surface area (Å²) in [5.41, 5.74) is 0.271. The van der Waals surface area contributed by atoms with Gasteiger partial charge in [0.15, 0.2) is 15.9 Å². The number of rotatable bonds is 4. The highest BCUT2D eigenvalue weighted by atomic mass is 32.2. The molecule has 1 aliphatic heterocycles. The number of piperidine rings is 1. The summed E-state index contributed by atoms with van der Waals surface area (Å²) in [6, 6.07) is 12.5. The van der Waals surface area contributed by atoms with Gasteiger partial charge in [0.2, 0.25) is 0 Å². The van der Waals surface area contributed by atoms with Crippen molar-refractivity contribution in [3.63, 3.8) is 0 Å². The minimum atomic E-state index is -4.44. The van der Waals surface area contributed by atoms with Crippen molar-refractivity contribution in [2.75, 3.05) is 22.7 Å². The Balaban J connectivity index is 1.63. The largest absolute Gasteiger partial charge is 0.416 e. The van der Waals surface area contributed by atoms with E-state index in [-0.39, 0.29) is 0 Å². The first-order valence-electron chi connectivity index (χ1n) is 10.2. The maximum atomic E-state index is 13.3. The number of hydrogen-bond donors (Lipinski definition) is 1. The highest BCUT2D eigenvalue weighted by Crippen LogP contribution is 2.41. The van der Waals surface area contributed by atoms with Gasteiger partial charge in [-0.05, 0) is 55.0 Å². The Hall–Kier alpha value is -2.02. The van der Waals surface area contributed by atoms with Gasteiger partial charge in [0.1, 0.15) is 5.69 Å². The molecule has 7 heteroatoms. The summed E-state index contributed by atoms with van der Waals surface area (Å²) in [5, 5.41) is 0. The Labute approximate surface area is 171 Å². The third-order valence-corrected chi connectivity index (χ3v) is 7.38. The van der Waals surface area contributed by atoms with Gasteiger partial charge in [-0.3, -0.25) is 0 Å². The Kier molecular flexibility index (Phi) is 5.86. The summed E-state index contributed by atoms with van der Waals surface area (Å²) < 4.78 is 55.6. The van der Waals surface area contributed by atoms with Gasteiger partial charge >= 0.3 is 6.18 Å². The predicted octanol–water partition coefficient (Wildman–Crippen LogP) is 5.80. The van der Waals surface area contributed by atoms with Crippen LogP contribution >= 0.6 is 0 Å². The fourth-order valence-corrected chi connectivity index (χ4v) is 5.60. The van der Waals surface area contributed by atoms with Gasteiger partial charge in [-0.2, -0.15) is 13.2 Å². The topological polar surface area (TPSA) is 32.3 Å². The summed E-state index contributed by atoms with van der Waals surface area (Å²) >= 11 is 0. The lowest BCUT2D eigenvalue weighted by atomic mass is 9.75. The molecule has 1 heterocycles. The Morgan fingerprint density at radius 3 is 2.41 bits per heavy atom. The fraction of sp³-hybridized carbons (Fsp3) is 0.455. The van der Waals surface area contributed by atoms with E-state index in [0.717, 1.165) is 37.6 Å². The number of anilines is 2. The molecule has 2 aromatic carbocycles. The van der Waals surface area contributed by atoms with Gasteiger partial charge in [0, 0.05) is 13.1 Å². The summed E-state index contributed by atoms with van der Waals surface area (Å²) in [4.78, 5) is 2.74. The number of nitrogens with zero attached hydrogens (tertiary/aromatic N) is 1. The second-order valence-corrected chi connectivity index (χ2v) is 9.34. The van der Waals surface area contributed by atoms with Crippen molar-refractivity contribution in [2.45, 2.75) is 43.2 Å². The van der Waals surface area contributed by atoms with Gasteiger partial charge < -0.3 is 4.90 Å². The van der Waals surface area contributed by atoms with E-state index in [1.165, 1.54) is 31.7 Å². The third kappa shape index (κ3) is 4.60. The first-order valence-corrected chi connectivity index (χ1v) is 11.4. The van der Waals surface area contributed by atoms with E-state index in [1.807, 2.05) is 6.07 Å². The lowest BCUT2D eigenvalue weighted by molar-refractivity contribution is -0.137. The summed E-state index contributed by atoms with van der Waals surface area (Å²) in [6.45, 7) is 1.68. The molecular weight excluding hydrogens is 397 g/mol. The van der Waals surface area contributed by atoms with Crippen molar-refractivity contribution in [3.8, 4) is 0 Å². The summed E-state index contributed by atoms with van der Waals surface area (Å²) in [5.74, 6) is 1.32. The second kappa shape index (κ2) is 8.38. The molecule has 4 rings (SSSR count). The summed E-state index contributed by atoms with van der Waals surface area (Å²) in [7, 11) is -2.05. The molecule has 0 spiro atoms. The van der Waals surface area contributed by atoms with Crippen LogP contribution < -0.4 is 9.62 Å². The van der Waals surface area contributed by atoms with E-state index >= 15 is 0 Å². The minimum absolute atomic E-state index is 0.291. The first-order chi connectivity index (χ1) is 13.9. The third-order valence-electron chi connectivity index (χ3n) is 6.17. The van der Waals surface area contributed by atoms with Crippen LogP contribution in [0, 0.1) is 11.8 Å². The van der Waals surface area contributed by atoms with Gasteiger partial charge in [-0.25, -0.2) is 4.72 Å². The minimum Gasteiger partial charge on any atom is -0.369 e. The van der Waals surface area contributed by atoms with Gasteiger partial charge in [-0.15, -0.1) is 0 Å². The number of nitrogens with one attached hydrogen (secondary N) is 1. The summed E-state index contributed by atoms with van der Waals surface area (Å²) in [6.07, 6.45) is 1.58. The molecule has 2 aliphatic rings. The van der Waals surface area contributed by atoms with Gasteiger partial charge in [0.05, 0.1) is 11.3 Å². The molecule has 1 aliphatic carbocycles. The number of benzene rings is 2. The van der Waals surface area contributed by atoms with Crippen LogP contribution in [0.1, 0.15) is 37.7 Å². The number of fused-ring (bicyclic) bond motifs is 1. The molecule has 0 radical (unpaired) electrons. The molecule has 3 atom stereocenters. The number of thiol groups is 1. The second-order valence-electron chi connectivity index (χ2n) is 8.01. The SMILES string of the molecule is O=[SH+](Nc1cc(C(F)(F)F)ccc1N1CCC2CCCCC2C1)c1ccccc1. The standard InChI is InChI=1S/C22H25F3N2OS/c23-22(24,25)18-10-11-21(27-13-12-16-6-4-5-7-17(16)15-27)20(14-18)26-29(28)19-8-2-1-3-9-19/h1-3,8-11,14,16-17H,4-7,12-13,15H2,(H,26,28)/p+1. The molecule has 1 N–H and O–H groups in total. The molecule has 2 aromatic rings. The molecule has 0 aromatic heterocycles. The normalized spacial score (nSPS) is 23.3. The van der Waals surface area contributed by atoms with E-state index in [2.05, 4.69) is 9.62 Å². The zero-order valence-electron chi connectivity index (χ0n) is 16.2. The van der Waals surface area contributed by atoms with Crippen molar-refractivity contribution >= 4 is 22.4 Å². The van der Waals surface area contributed by atoms with Crippen molar-refractivity contribution in [3.05, 3.63) is 54.1 Å². The molecule has 3 nitrogen and oxygen atoms in total. The molecule has 156 valence electrons. The molecule has 29 heavy (non-hydrogen) atoms. The zero-order valence-corrected chi connectivity index (χ0v) is 17.1. The van der Waals surface area contributed by atoms with E-state index in [9.17, 15) is 17.4 Å². The van der Waals surface area contributed by atoms with Crippen molar-refractivity contribution in [1.82, 2.24) is 0 Å². The van der Waals surface area contributed by atoms with Crippen LogP contribution in [0.5, 0.6) is 0 Å². The molecule has 2 fully saturated rings. The Morgan fingerprint density at radius 1 is 0.966 bits per heavy atom. The molecule has 1 saturated carbocycles. The van der Waals surface area contributed by atoms with Crippen LogP contribution in [0.4, 0.5) is 24.5 Å². The highest BCUT2D eigenvalue weighted by Gasteiger charge is 2.35. The van der Waals surface area contributed by atoms with Gasteiger partial charge in [0.25, 0.3) is 0 Å². The number of hydrogen-bond acceptors (Lipinski definition) is 2. The average molecular weight is 424 g/mol. The average Bonchev–Trinajstić information content (AvgIpc) is 2.73. The lowest BCUT2D eigenvalue weighted by Crippen LogP contribution is -2.42. The van der Waals surface area contributed by atoms with Crippen LogP contribution in [0.2, 0.25) is 0 Å². The number of halogens is 3. The maximum absolute atomic E-state index is 13.3. The molecule has 0 bridgehead atoms. The van der Waals surface area contributed by atoms with Crippen LogP contribution in [0.15, 0.2) is 53.4 Å². The Morgan fingerprint density at radius 2 is 1.69 bits per heavy atom. The lowest BCUT2D eigenvalue weighted by Gasteiger charge is -2.42. The van der Waals surface area contributed by atoms with E-state index in [0.29, 0.717) is 22.2 Å². The zero-order chi connectivity index (χ0) is 20.4. The maximum Gasteiger partial charge on any atom is 0.416 e. The highest BCUT2D eigenvalue weighted by molar-refractivity contribution is 7.86. The first kappa shape index (κ1) is 20.3. The molecular formula is C22H26F3N2OS+. The fourth-order valence-electron chi connectivity index (χ4n) is 4.63. The smallest absolute Gasteiger partial charge is 0.369 e. The molecule has 0 amide bonds. The molecule has 3 unspecified atom stereocenters. The van der Waals surface area contributed by atoms with Crippen molar-refractivity contribution < 1.29 is 17.4 Å². The van der Waals surface area contributed by atoms with E-state index in [4.69, 9.17) is 0 Å². The Bertz CT molecular complexity index is 872. The van der Waals surface area contributed by atoms with Crippen LogP contribution in [-0.2, 0) is 21.4 Å². The van der Waals surface area contributed by atoms with Crippen LogP contribution in [0.3, 0.4) is 0 Å². The van der Waals surface area contributed by atoms with Crippen molar-refractivity contribution in [1.29, 1.82) is 0 Å². The van der Waals surface area contributed by atoms with Crippen LogP contribution in [0.25, 0.3) is 0 Å². The van der Waals surface area contributed by atoms with Crippen molar-refractivity contribution in [2.24, 2.45) is 11.8 Å². The van der Waals surface area contributed by atoms with Crippen LogP contribution in [-0.4, -0.2) is 13.1 Å². The monoisotopic (exact) mass is 423 g/mol. The number of alkyl halides is 3. The van der Waals surface area contributed by atoms with Gasteiger partial charge in [-0.1, -0.05) is 41.7 Å². The predicted molar refractivity (Wildman–Crippen MR) is 111 cm³/mol. The van der Waals surface area contributed by atoms with E-state index in [1.54, 1.807) is 24.3 Å². The van der Waals surface area contributed by atoms with E-state index < -0.39 is 22.7 Å². The quantitative estimate of drug-likeness (QED) is 0.498.